The summed E-state index contributed by atoms with van der Waals surface area (Å²) in [6.45, 7) is 0. The third-order valence-electron chi connectivity index (χ3n) is 5.78. The van der Waals surface area contributed by atoms with Gasteiger partial charge in [0.1, 0.15) is 12.1 Å². The molecule has 2 aromatic carbocycles. The average Bonchev–Trinajstić information content (AvgIpc) is 3.41. The summed E-state index contributed by atoms with van der Waals surface area (Å²) in [6.07, 6.45) is 2.49. The topological polar surface area (TPSA) is 81.7 Å². The number of hydrazine groups is 1. The quantitative estimate of drug-likeness (QED) is 0.351. The summed E-state index contributed by atoms with van der Waals surface area (Å²) in [5.41, 5.74) is 4.73. The zero-order chi connectivity index (χ0) is 23.1. The van der Waals surface area contributed by atoms with Gasteiger partial charge in [0.2, 0.25) is 11.8 Å². The molecule has 1 saturated heterocycles. The zero-order valence-corrected chi connectivity index (χ0v) is 19.4. The molecule has 2 amide bonds. The van der Waals surface area contributed by atoms with Gasteiger partial charge in [-0.3, -0.25) is 14.9 Å². The Morgan fingerprint density at radius 3 is 2.55 bits per heavy atom. The Labute approximate surface area is 204 Å². The Hall–Kier alpha value is -2.68. The Balaban J connectivity index is 1.49. The summed E-state index contributed by atoms with van der Waals surface area (Å²) in [5.74, 6) is -1.46. The number of fused-ring (bicyclic) bond motifs is 1. The van der Waals surface area contributed by atoms with E-state index < -0.39 is 30.0 Å². The first-order valence-corrected chi connectivity index (χ1v) is 11.9. The molecule has 4 atom stereocenters. The van der Waals surface area contributed by atoms with Crippen LogP contribution in [0.25, 0.3) is 10.4 Å². The van der Waals surface area contributed by atoms with Gasteiger partial charge in [0.25, 0.3) is 0 Å². The summed E-state index contributed by atoms with van der Waals surface area (Å²) in [5, 5.41) is 16.2. The molecule has 2 aliphatic rings. The highest BCUT2D eigenvalue weighted by Crippen LogP contribution is 2.38. The van der Waals surface area contributed by atoms with E-state index in [4.69, 9.17) is 23.2 Å². The molecule has 6 nitrogen and oxygen atoms in total. The number of carbonyl (C=O) groups excluding carboxylic acids is 2. The van der Waals surface area contributed by atoms with Crippen LogP contribution in [0.3, 0.4) is 0 Å². The first kappa shape index (κ1) is 22.1. The predicted molar refractivity (Wildman–Crippen MR) is 130 cm³/mol. The maximum Gasteiger partial charge on any atom is 0.246 e. The van der Waals surface area contributed by atoms with E-state index in [1.807, 2.05) is 42.5 Å². The number of hydrogen-bond acceptors (Lipinski definition) is 6. The van der Waals surface area contributed by atoms with Gasteiger partial charge in [0.05, 0.1) is 22.7 Å². The number of thiophene rings is 1. The molecule has 3 heterocycles. The maximum absolute atomic E-state index is 12.7. The van der Waals surface area contributed by atoms with Crippen molar-refractivity contribution in [1.82, 2.24) is 10.3 Å². The van der Waals surface area contributed by atoms with E-state index in [0.29, 0.717) is 15.7 Å². The maximum atomic E-state index is 12.7. The lowest BCUT2D eigenvalue weighted by Crippen LogP contribution is -2.55. The van der Waals surface area contributed by atoms with E-state index in [1.165, 1.54) is 11.3 Å². The fourth-order valence-electron chi connectivity index (χ4n) is 4.15. The van der Waals surface area contributed by atoms with Crippen LogP contribution in [0.15, 0.2) is 72.8 Å². The minimum atomic E-state index is -0.952. The van der Waals surface area contributed by atoms with Crippen molar-refractivity contribution in [1.29, 1.82) is 0 Å². The van der Waals surface area contributed by atoms with Gasteiger partial charge in [0.15, 0.2) is 0 Å². The molecule has 0 bridgehead atoms. The van der Waals surface area contributed by atoms with Crippen LogP contribution in [0.2, 0.25) is 10.0 Å². The van der Waals surface area contributed by atoms with E-state index >= 15 is 0 Å². The number of benzene rings is 2. The van der Waals surface area contributed by atoms with Gasteiger partial charge >= 0.3 is 0 Å². The number of hydrogen-bond donors (Lipinski definition) is 3. The van der Waals surface area contributed by atoms with Crippen LogP contribution in [-0.4, -0.2) is 34.0 Å². The van der Waals surface area contributed by atoms with Crippen molar-refractivity contribution in [2.45, 2.75) is 18.2 Å². The van der Waals surface area contributed by atoms with Gasteiger partial charge in [-0.05, 0) is 35.9 Å². The van der Waals surface area contributed by atoms with Crippen LogP contribution < -0.4 is 10.7 Å². The van der Waals surface area contributed by atoms with Crippen molar-refractivity contribution in [3.8, 4) is 10.4 Å². The lowest BCUT2D eigenvalue weighted by molar-refractivity contribution is -0.126. The molecule has 1 fully saturated rings. The fourth-order valence-corrected chi connectivity index (χ4v) is 5.64. The van der Waals surface area contributed by atoms with E-state index in [0.717, 1.165) is 15.3 Å². The SMILES string of the molecule is O=C1NC(=O)C2C1C=CC(C(O)c1ccc(-c3ccccc3)s1)N2Nc1ccc(Cl)cc1Cl. The fraction of sp³-hybridized carbons (Fsp3) is 0.167. The van der Waals surface area contributed by atoms with Crippen LogP contribution in [0, 0.1) is 5.92 Å². The summed E-state index contributed by atoms with van der Waals surface area (Å²) in [7, 11) is 0. The van der Waals surface area contributed by atoms with Gasteiger partial charge in [0, 0.05) is 14.8 Å². The molecule has 1 aromatic heterocycles. The van der Waals surface area contributed by atoms with Crippen LogP contribution in [-0.2, 0) is 9.59 Å². The standard InChI is InChI=1S/C24H19Cl2N3O3S/c25-14-6-8-17(16(26)12-14)28-29-18(9-7-15-21(29)24(32)27-23(15)31)22(30)20-11-10-19(33-20)13-4-2-1-3-5-13/h1-12,15,18,21-22,28,30H,(H,27,31,32). The number of halogens is 2. The lowest BCUT2D eigenvalue weighted by Gasteiger charge is -2.40. The smallest absolute Gasteiger partial charge is 0.246 e. The minimum Gasteiger partial charge on any atom is -0.386 e. The van der Waals surface area contributed by atoms with Crippen LogP contribution >= 0.6 is 34.5 Å². The van der Waals surface area contributed by atoms with Crippen molar-refractivity contribution in [3.05, 3.63) is 87.7 Å². The molecular formula is C24H19Cl2N3O3S. The first-order valence-electron chi connectivity index (χ1n) is 10.3. The van der Waals surface area contributed by atoms with E-state index in [9.17, 15) is 14.7 Å². The van der Waals surface area contributed by atoms with E-state index in [2.05, 4.69) is 10.7 Å². The van der Waals surface area contributed by atoms with Gasteiger partial charge in [-0.15, -0.1) is 11.3 Å². The highest BCUT2D eigenvalue weighted by Gasteiger charge is 2.49. The lowest BCUT2D eigenvalue weighted by atomic mass is 9.92. The summed E-state index contributed by atoms with van der Waals surface area (Å²) in [6, 6.07) is 17.2. The second-order valence-corrected chi connectivity index (χ2v) is 9.81. The highest BCUT2D eigenvalue weighted by atomic mass is 35.5. The number of aliphatic hydroxyl groups excluding tert-OH is 1. The number of imide groups is 1. The largest absolute Gasteiger partial charge is 0.386 e. The monoisotopic (exact) mass is 499 g/mol. The van der Waals surface area contributed by atoms with Gasteiger partial charge in [-0.25, -0.2) is 5.01 Å². The summed E-state index contributed by atoms with van der Waals surface area (Å²) >= 11 is 13.8. The number of nitrogens with zero attached hydrogens (tertiary/aromatic N) is 1. The van der Waals surface area contributed by atoms with Crippen molar-refractivity contribution in [2.24, 2.45) is 5.92 Å². The second-order valence-electron chi connectivity index (χ2n) is 7.86. The molecule has 0 saturated carbocycles. The molecule has 0 radical (unpaired) electrons. The first-order chi connectivity index (χ1) is 15.9. The number of rotatable bonds is 5. The van der Waals surface area contributed by atoms with E-state index in [1.54, 1.807) is 35.4 Å². The van der Waals surface area contributed by atoms with Crippen molar-refractivity contribution in [3.63, 3.8) is 0 Å². The van der Waals surface area contributed by atoms with Crippen molar-refractivity contribution in [2.75, 3.05) is 5.43 Å². The molecule has 168 valence electrons. The Kier molecular flexibility index (Phi) is 5.99. The van der Waals surface area contributed by atoms with Gasteiger partial charge in [-0.2, -0.15) is 0 Å². The van der Waals surface area contributed by atoms with Crippen molar-refractivity contribution >= 4 is 52.0 Å². The Morgan fingerprint density at radius 2 is 1.79 bits per heavy atom. The molecule has 4 unspecified atom stereocenters. The Morgan fingerprint density at radius 1 is 1.00 bits per heavy atom. The third-order valence-corrected chi connectivity index (χ3v) is 7.53. The highest BCUT2D eigenvalue weighted by molar-refractivity contribution is 7.15. The third kappa shape index (κ3) is 4.18. The summed E-state index contributed by atoms with van der Waals surface area (Å²) < 4.78 is 0. The molecule has 3 N–H and O–H groups in total. The average molecular weight is 500 g/mol. The normalized spacial score (nSPS) is 23.3. The molecule has 33 heavy (non-hydrogen) atoms. The molecule has 9 heteroatoms. The zero-order valence-electron chi connectivity index (χ0n) is 17.1. The molecule has 5 rings (SSSR count). The Bertz CT molecular complexity index is 1250. The molecule has 2 aliphatic heterocycles. The molecule has 0 aliphatic carbocycles. The van der Waals surface area contributed by atoms with Crippen LogP contribution in [0.5, 0.6) is 0 Å². The predicted octanol–water partition coefficient (Wildman–Crippen LogP) is 4.66. The summed E-state index contributed by atoms with van der Waals surface area (Å²) in [4.78, 5) is 26.7. The van der Waals surface area contributed by atoms with Gasteiger partial charge < -0.3 is 10.5 Å². The molecular weight excluding hydrogens is 481 g/mol. The molecule has 3 aromatic rings. The van der Waals surface area contributed by atoms with Gasteiger partial charge in [-0.1, -0.05) is 65.7 Å². The number of carbonyl (C=O) groups is 2. The van der Waals surface area contributed by atoms with Crippen LogP contribution in [0.4, 0.5) is 5.69 Å². The van der Waals surface area contributed by atoms with Crippen molar-refractivity contribution < 1.29 is 14.7 Å². The number of aliphatic hydroxyl groups is 1. The van der Waals surface area contributed by atoms with E-state index in [-0.39, 0.29) is 5.91 Å². The van der Waals surface area contributed by atoms with Crippen LogP contribution in [0.1, 0.15) is 11.0 Å². The number of nitrogens with one attached hydrogen (secondary N) is 2. The number of anilines is 1. The second kappa shape index (κ2) is 8.93. The minimum absolute atomic E-state index is 0.356. The number of amides is 2. The molecule has 0 spiro atoms.